The van der Waals surface area contributed by atoms with Crippen LogP contribution in [-0.2, 0) is 22.8 Å². The minimum atomic E-state index is -3.69. The standard InChI is InChI=1S/C19H18ClN7O2S/c1-27-17-7-6-14(8-13(17)9-23-27)24-19-22-10-15(20)18(26-19)25-16-5-3-2-4-12(16)11-30(21,28)29/h2-10H,11H2,1H3,(H2,21,28,29)(H2,22,24,25,26). The number of sulfonamides is 1. The molecular formula is C19H18ClN7O2S. The molecule has 0 atom stereocenters. The highest BCUT2D eigenvalue weighted by Crippen LogP contribution is 2.28. The molecule has 9 nitrogen and oxygen atoms in total. The molecule has 0 saturated carbocycles. The Kier molecular flexibility index (Phi) is 5.29. The zero-order valence-corrected chi connectivity index (χ0v) is 17.4. The second-order valence-corrected chi connectivity index (χ2v) is 8.67. The number of hydrogen-bond acceptors (Lipinski definition) is 7. The number of rotatable bonds is 6. The van der Waals surface area contributed by atoms with Crippen LogP contribution in [0.1, 0.15) is 5.56 Å². The average molecular weight is 444 g/mol. The highest BCUT2D eigenvalue weighted by atomic mass is 35.5. The lowest BCUT2D eigenvalue weighted by atomic mass is 10.2. The van der Waals surface area contributed by atoms with Gasteiger partial charge in [0.05, 0.1) is 23.7 Å². The number of aryl methyl sites for hydroxylation is 1. The van der Waals surface area contributed by atoms with Crippen LogP contribution in [0.15, 0.2) is 54.9 Å². The summed E-state index contributed by atoms with van der Waals surface area (Å²) in [5, 5.41) is 16.9. The van der Waals surface area contributed by atoms with Gasteiger partial charge in [0.25, 0.3) is 0 Å². The van der Waals surface area contributed by atoms with Gasteiger partial charge < -0.3 is 10.6 Å². The molecule has 0 radical (unpaired) electrons. The van der Waals surface area contributed by atoms with Crippen molar-refractivity contribution in [3.05, 3.63) is 65.4 Å². The number of aromatic nitrogens is 4. The van der Waals surface area contributed by atoms with Gasteiger partial charge in [0, 0.05) is 23.8 Å². The van der Waals surface area contributed by atoms with E-state index < -0.39 is 10.0 Å². The molecule has 2 aromatic heterocycles. The minimum Gasteiger partial charge on any atom is -0.339 e. The lowest BCUT2D eigenvalue weighted by Crippen LogP contribution is -2.15. The van der Waals surface area contributed by atoms with E-state index >= 15 is 0 Å². The van der Waals surface area contributed by atoms with Crippen molar-refractivity contribution in [3.8, 4) is 0 Å². The maximum absolute atomic E-state index is 11.5. The fourth-order valence-corrected chi connectivity index (χ4v) is 3.82. The monoisotopic (exact) mass is 443 g/mol. The fraction of sp³-hybridized carbons (Fsp3) is 0.105. The molecule has 0 fully saturated rings. The molecule has 0 spiro atoms. The molecule has 154 valence electrons. The normalized spacial score (nSPS) is 11.6. The van der Waals surface area contributed by atoms with Gasteiger partial charge in [-0.2, -0.15) is 10.1 Å². The van der Waals surface area contributed by atoms with Crippen molar-refractivity contribution in [2.24, 2.45) is 12.2 Å². The van der Waals surface area contributed by atoms with E-state index in [0.29, 0.717) is 23.0 Å². The Hall–Kier alpha value is -3.21. The van der Waals surface area contributed by atoms with E-state index in [0.717, 1.165) is 16.6 Å². The fourth-order valence-electron chi connectivity index (χ4n) is 3.00. The summed E-state index contributed by atoms with van der Waals surface area (Å²) in [4.78, 5) is 8.63. The maximum Gasteiger partial charge on any atom is 0.229 e. The predicted octanol–water partition coefficient (Wildman–Crippen LogP) is 3.29. The van der Waals surface area contributed by atoms with Gasteiger partial charge in [0.2, 0.25) is 16.0 Å². The van der Waals surface area contributed by atoms with Gasteiger partial charge >= 0.3 is 0 Å². The molecule has 4 N–H and O–H groups in total. The lowest BCUT2D eigenvalue weighted by molar-refractivity contribution is 0.597. The Morgan fingerprint density at radius 3 is 2.73 bits per heavy atom. The van der Waals surface area contributed by atoms with Gasteiger partial charge in [0.1, 0.15) is 5.02 Å². The lowest BCUT2D eigenvalue weighted by Gasteiger charge is -2.13. The summed E-state index contributed by atoms with van der Waals surface area (Å²) in [6.45, 7) is 0. The quantitative estimate of drug-likeness (QED) is 0.417. The van der Waals surface area contributed by atoms with Gasteiger partial charge in [-0.25, -0.2) is 18.5 Å². The van der Waals surface area contributed by atoms with Gasteiger partial charge in [-0.1, -0.05) is 29.8 Å². The van der Waals surface area contributed by atoms with E-state index in [-0.39, 0.29) is 10.8 Å². The largest absolute Gasteiger partial charge is 0.339 e. The Morgan fingerprint density at radius 2 is 1.93 bits per heavy atom. The molecular weight excluding hydrogens is 426 g/mol. The molecule has 0 amide bonds. The molecule has 0 aliphatic rings. The summed E-state index contributed by atoms with van der Waals surface area (Å²) in [7, 11) is -1.81. The summed E-state index contributed by atoms with van der Waals surface area (Å²) in [5.74, 6) is 0.349. The molecule has 4 aromatic rings. The van der Waals surface area contributed by atoms with E-state index in [2.05, 4.69) is 25.7 Å². The first-order valence-corrected chi connectivity index (χ1v) is 10.9. The van der Waals surface area contributed by atoms with Crippen LogP contribution >= 0.6 is 11.6 Å². The average Bonchev–Trinajstić information content (AvgIpc) is 3.05. The van der Waals surface area contributed by atoms with Crippen LogP contribution in [0.2, 0.25) is 5.02 Å². The van der Waals surface area contributed by atoms with Crippen molar-refractivity contribution >= 4 is 55.7 Å². The molecule has 0 bridgehead atoms. The number of nitrogens with one attached hydrogen (secondary N) is 2. The van der Waals surface area contributed by atoms with E-state index in [9.17, 15) is 8.42 Å². The number of primary sulfonamides is 1. The van der Waals surface area contributed by atoms with E-state index in [1.165, 1.54) is 6.20 Å². The van der Waals surface area contributed by atoms with E-state index in [1.54, 1.807) is 35.1 Å². The number of benzene rings is 2. The van der Waals surface area contributed by atoms with Crippen molar-refractivity contribution in [2.75, 3.05) is 10.6 Å². The first-order chi connectivity index (χ1) is 14.3. The second kappa shape index (κ2) is 7.90. The molecule has 30 heavy (non-hydrogen) atoms. The molecule has 4 rings (SSSR count). The topological polar surface area (TPSA) is 128 Å². The highest BCUT2D eigenvalue weighted by molar-refractivity contribution is 7.88. The molecule has 0 aliphatic heterocycles. The van der Waals surface area contributed by atoms with Gasteiger partial charge in [-0.05, 0) is 29.8 Å². The number of nitrogens with zero attached hydrogens (tertiary/aromatic N) is 4. The van der Waals surface area contributed by atoms with Crippen molar-refractivity contribution < 1.29 is 8.42 Å². The van der Waals surface area contributed by atoms with Crippen molar-refractivity contribution in [1.29, 1.82) is 0 Å². The third-order valence-electron chi connectivity index (χ3n) is 4.37. The molecule has 11 heteroatoms. The molecule has 2 heterocycles. The van der Waals surface area contributed by atoms with Gasteiger partial charge in [0.15, 0.2) is 5.82 Å². The SMILES string of the molecule is Cn1ncc2cc(Nc3ncc(Cl)c(Nc4ccccc4CS(N)(=O)=O)n3)ccc21. The van der Waals surface area contributed by atoms with Crippen LogP contribution < -0.4 is 15.8 Å². The van der Waals surface area contributed by atoms with Crippen LogP contribution in [0.3, 0.4) is 0 Å². The Bertz CT molecular complexity index is 1340. The molecule has 0 unspecified atom stereocenters. The summed E-state index contributed by atoms with van der Waals surface area (Å²) in [5.41, 5.74) is 2.84. The first-order valence-electron chi connectivity index (χ1n) is 8.85. The zero-order chi connectivity index (χ0) is 21.3. The third kappa shape index (κ3) is 4.51. The van der Waals surface area contributed by atoms with Crippen LogP contribution in [0.5, 0.6) is 0 Å². The van der Waals surface area contributed by atoms with Crippen molar-refractivity contribution in [2.45, 2.75) is 5.75 Å². The number of nitrogens with two attached hydrogens (primary N) is 1. The Balaban J connectivity index is 1.61. The second-order valence-electron chi connectivity index (χ2n) is 6.65. The number of halogens is 1. The summed E-state index contributed by atoms with van der Waals surface area (Å²) in [6, 6.07) is 12.7. The van der Waals surface area contributed by atoms with Crippen LogP contribution in [-0.4, -0.2) is 28.2 Å². The summed E-state index contributed by atoms with van der Waals surface area (Å²) >= 11 is 6.25. The molecule has 2 aromatic carbocycles. The van der Waals surface area contributed by atoms with E-state index in [4.69, 9.17) is 16.7 Å². The minimum absolute atomic E-state index is 0.286. The van der Waals surface area contributed by atoms with Gasteiger partial charge in [-0.15, -0.1) is 0 Å². The Morgan fingerprint density at radius 1 is 1.13 bits per heavy atom. The highest BCUT2D eigenvalue weighted by Gasteiger charge is 2.13. The van der Waals surface area contributed by atoms with E-state index in [1.807, 2.05) is 25.2 Å². The third-order valence-corrected chi connectivity index (χ3v) is 5.36. The first kappa shape index (κ1) is 20.1. The zero-order valence-electron chi connectivity index (χ0n) is 15.9. The maximum atomic E-state index is 11.5. The number of hydrogen-bond donors (Lipinski definition) is 3. The van der Waals surface area contributed by atoms with Crippen molar-refractivity contribution in [3.63, 3.8) is 0 Å². The molecule has 0 aliphatic carbocycles. The van der Waals surface area contributed by atoms with Crippen LogP contribution in [0.25, 0.3) is 10.9 Å². The van der Waals surface area contributed by atoms with Crippen molar-refractivity contribution in [1.82, 2.24) is 19.7 Å². The van der Waals surface area contributed by atoms with Crippen LogP contribution in [0.4, 0.5) is 23.1 Å². The Labute approximate surface area is 178 Å². The summed E-state index contributed by atoms with van der Waals surface area (Å²) in [6.07, 6.45) is 3.24. The number of anilines is 4. The summed E-state index contributed by atoms with van der Waals surface area (Å²) < 4.78 is 24.8. The molecule has 0 saturated heterocycles. The smallest absolute Gasteiger partial charge is 0.229 e. The predicted molar refractivity (Wildman–Crippen MR) is 118 cm³/mol. The number of fused-ring (bicyclic) bond motifs is 1. The number of para-hydroxylation sites is 1. The van der Waals surface area contributed by atoms with Gasteiger partial charge in [-0.3, -0.25) is 4.68 Å². The van der Waals surface area contributed by atoms with Crippen LogP contribution in [0, 0.1) is 0 Å².